The van der Waals surface area contributed by atoms with Gasteiger partial charge in [0.2, 0.25) is 0 Å². The summed E-state index contributed by atoms with van der Waals surface area (Å²) in [6.45, 7) is 2.02. The second kappa shape index (κ2) is 8.72. The Morgan fingerprint density at radius 2 is 1.62 bits per heavy atom. The summed E-state index contributed by atoms with van der Waals surface area (Å²) in [4.78, 5) is 12.3. The molecule has 0 radical (unpaired) electrons. The summed E-state index contributed by atoms with van der Waals surface area (Å²) in [5.74, 6) is 1.74. The molecule has 0 saturated carbocycles. The van der Waals surface area contributed by atoms with E-state index in [2.05, 4.69) is 12.2 Å². The summed E-state index contributed by atoms with van der Waals surface area (Å²) in [5.41, 5.74) is 1.77. The van der Waals surface area contributed by atoms with Crippen molar-refractivity contribution in [2.45, 2.75) is 13.3 Å². The molecule has 26 heavy (non-hydrogen) atoms. The first-order valence-corrected chi connectivity index (χ1v) is 8.58. The van der Waals surface area contributed by atoms with Crippen LogP contribution in [0.2, 0.25) is 0 Å². The molecule has 1 amide bonds. The van der Waals surface area contributed by atoms with Gasteiger partial charge in [0.15, 0.2) is 12.4 Å². The van der Waals surface area contributed by atoms with Crippen LogP contribution in [0.1, 0.15) is 12.5 Å². The fourth-order valence-corrected chi connectivity index (χ4v) is 2.46. The van der Waals surface area contributed by atoms with Gasteiger partial charge in [0.05, 0.1) is 5.69 Å². The Bertz CT molecular complexity index is 862. The van der Waals surface area contributed by atoms with Gasteiger partial charge in [-0.15, -0.1) is 0 Å². The molecule has 3 rings (SSSR count). The molecule has 1 N–H and O–H groups in total. The first-order valence-electron chi connectivity index (χ1n) is 8.58. The summed E-state index contributed by atoms with van der Waals surface area (Å²) in [5, 5.41) is 2.84. The van der Waals surface area contributed by atoms with Crippen molar-refractivity contribution in [1.82, 2.24) is 0 Å². The van der Waals surface area contributed by atoms with Crippen LogP contribution in [0.4, 0.5) is 5.69 Å². The Labute approximate surface area is 153 Å². The van der Waals surface area contributed by atoms with Crippen molar-refractivity contribution < 1.29 is 14.3 Å². The number of para-hydroxylation sites is 3. The van der Waals surface area contributed by atoms with E-state index in [1.54, 1.807) is 6.07 Å². The number of hydrogen-bond acceptors (Lipinski definition) is 3. The predicted molar refractivity (Wildman–Crippen MR) is 103 cm³/mol. The number of carbonyl (C=O) groups excluding carboxylic acids is 1. The molecule has 0 aliphatic carbocycles. The standard InChI is InChI=1S/C22H21NO3/c1-2-17-9-8-12-19(15-17)25-16-22(24)23-20-13-6-7-14-21(20)26-18-10-4-3-5-11-18/h3-15H,2,16H2,1H3,(H,23,24). The maximum absolute atomic E-state index is 12.3. The Morgan fingerprint density at radius 3 is 2.42 bits per heavy atom. The van der Waals surface area contributed by atoms with Crippen LogP contribution in [0.5, 0.6) is 17.2 Å². The molecule has 3 aromatic carbocycles. The molecule has 132 valence electrons. The minimum absolute atomic E-state index is 0.0627. The number of hydrogen-bond donors (Lipinski definition) is 1. The fourth-order valence-electron chi connectivity index (χ4n) is 2.46. The Kier molecular flexibility index (Phi) is 5.88. The summed E-state index contributed by atoms with van der Waals surface area (Å²) >= 11 is 0. The Hall–Kier alpha value is -3.27. The normalized spacial score (nSPS) is 10.2. The van der Waals surface area contributed by atoms with Gasteiger partial charge in [-0.05, 0) is 48.4 Å². The molecule has 0 bridgehead atoms. The van der Waals surface area contributed by atoms with E-state index in [0.717, 1.165) is 6.42 Å². The second-order valence-corrected chi connectivity index (χ2v) is 5.75. The molecule has 0 unspecified atom stereocenters. The van der Waals surface area contributed by atoms with Gasteiger partial charge >= 0.3 is 0 Å². The number of rotatable bonds is 7. The average Bonchev–Trinajstić information content (AvgIpc) is 2.69. The monoisotopic (exact) mass is 347 g/mol. The Balaban J connectivity index is 1.62. The maximum atomic E-state index is 12.3. The number of carbonyl (C=O) groups is 1. The van der Waals surface area contributed by atoms with Gasteiger partial charge in [-0.3, -0.25) is 4.79 Å². The largest absolute Gasteiger partial charge is 0.484 e. The van der Waals surface area contributed by atoms with Crippen molar-refractivity contribution in [1.29, 1.82) is 0 Å². The van der Waals surface area contributed by atoms with E-state index in [4.69, 9.17) is 9.47 Å². The van der Waals surface area contributed by atoms with Crippen LogP contribution in [0.3, 0.4) is 0 Å². The molecular formula is C22H21NO3. The summed E-state index contributed by atoms with van der Waals surface area (Å²) < 4.78 is 11.4. The van der Waals surface area contributed by atoms with Gasteiger partial charge < -0.3 is 14.8 Å². The van der Waals surface area contributed by atoms with Crippen molar-refractivity contribution in [3.63, 3.8) is 0 Å². The number of amides is 1. The highest BCUT2D eigenvalue weighted by molar-refractivity contribution is 5.93. The second-order valence-electron chi connectivity index (χ2n) is 5.75. The van der Waals surface area contributed by atoms with Crippen LogP contribution in [0, 0.1) is 0 Å². The molecule has 0 aliphatic heterocycles. The molecular weight excluding hydrogens is 326 g/mol. The molecule has 3 aromatic rings. The van der Waals surface area contributed by atoms with Crippen molar-refractivity contribution in [3.8, 4) is 17.2 Å². The van der Waals surface area contributed by atoms with Crippen LogP contribution >= 0.6 is 0 Å². The molecule has 4 nitrogen and oxygen atoms in total. The van der Waals surface area contributed by atoms with E-state index in [1.807, 2.05) is 72.8 Å². The van der Waals surface area contributed by atoms with E-state index >= 15 is 0 Å². The molecule has 0 spiro atoms. The molecule has 0 heterocycles. The minimum Gasteiger partial charge on any atom is -0.484 e. The van der Waals surface area contributed by atoms with Crippen molar-refractivity contribution in [2.24, 2.45) is 0 Å². The van der Waals surface area contributed by atoms with Gasteiger partial charge in [0.25, 0.3) is 5.91 Å². The third-order valence-electron chi connectivity index (χ3n) is 3.81. The van der Waals surface area contributed by atoms with Gasteiger partial charge in [-0.2, -0.15) is 0 Å². The van der Waals surface area contributed by atoms with Crippen LogP contribution < -0.4 is 14.8 Å². The third-order valence-corrected chi connectivity index (χ3v) is 3.81. The highest BCUT2D eigenvalue weighted by Gasteiger charge is 2.09. The molecule has 0 aromatic heterocycles. The van der Waals surface area contributed by atoms with E-state index in [9.17, 15) is 4.79 Å². The predicted octanol–water partition coefficient (Wildman–Crippen LogP) is 5.06. The quantitative estimate of drug-likeness (QED) is 0.650. The van der Waals surface area contributed by atoms with Gasteiger partial charge in [-0.25, -0.2) is 0 Å². The zero-order valence-corrected chi connectivity index (χ0v) is 14.6. The fraction of sp³-hybridized carbons (Fsp3) is 0.136. The lowest BCUT2D eigenvalue weighted by atomic mass is 10.2. The van der Waals surface area contributed by atoms with Crippen LogP contribution in [0.15, 0.2) is 78.9 Å². The molecule has 4 heteroatoms. The topological polar surface area (TPSA) is 47.6 Å². The number of ether oxygens (including phenoxy) is 2. The zero-order valence-electron chi connectivity index (χ0n) is 14.6. The average molecular weight is 347 g/mol. The van der Waals surface area contributed by atoms with E-state index < -0.39 is 0 Å². The van der Waals surface area contributed by atoms with Crippen molar-refractivity contribution >= 4 is 11.6 Å². The lowest BCUT2D eigenvalue weighted by Gasteiger charge is -2.13. The van der Waals surface area contributed by atoms with Crippen LogP contribution in [-0.4, -0.2) is 12.5 Å². The summed E-state index contributed by atoms with van der Waals surface area (Å²) in [7, 11) is 0. The first-order chi connectivity index (χ1) is 12.7. The van der Waals surface area contributed by atoms with Crippen LogP contribution in [-0.2, 0) is 11.2 Å². The van der Waals surface area contributed by atoms with Gasteiger partial charge in [-0.1, -0.05) is 49.4 Å². The lowest BCUT2D eigenvalue weighted by Crippen LogP contribution is -2.20. The molecule has 0 fully saturated rings. The van der Waals surface area contributed by atoms with E-state index in [0.29, 0.717) is 22.9 Å². The third kappa shape index (κ3) is 4.86. The maximum Gasteiger partial charge on any atom is 0.262 e. The van der Waals surface area contributed by atoms with Gasteiger partial charge in [0.1, 0.15) is 11.5 Å². The number of anilines is 1. The molecule has 0 aliphatic rings. The molecule has 0 atom stereocenters. The highest BCUT2D eigenvalue weighted by Crippen LogP contribution is 2.29. The van der Waals surface area contributed by atoms with Crippen LogP contribution in [0.25, 0.3) is 0 Å². The molecule has 0 saturated heterocycles. The lowest BCUT2D eigenvalue weighted by molar-refractivity contribution is -0.118. The first kappa shape index (κ1) is 17.5. The number of nitrogens with one attached hydrogen (secondary N) is 1. The van der Waals surface area contributed by atoms with Crippen molar-refractivity contribution in [3.05, 3.63) is 84.4 Å². The van der Waals surface area contributed by atoms with Gasteiger partial charge in [0, 0.05) is 0 Å². The minimum atomic E-state index is -0.240. The number of aryl methyl sites for hydroxylation is 1. The highest BCUT2D eigenvalue weighted by atomic mass is 16.5. The summed E-state index contributed by atoms with van der Waals surface area (Å²) in [6.07, 6.45) is 0.924. The van der Waals surface area contributed by atoms with Crippen molar-refractivity contribution in [2.75, 3.05) is 11.9 Å². The number of benzene rings is 3. The SMILES string of the molecule is CCc1cccc(OCC(=O)Nc2ccccc2Oc2ccccc2)c1. The summed E-state index contributed by atoms with van der Waals surface area (Å²) in [6, 6.07) is 24.5. The van der Waals surface area contributed by atoms with E-state index in [-0.39, 0.29) is 12.5 Å². The smallest absolute Gasteiger partial charge is 0.262 e. The Morgan fingerprint density at radius 1 is 0.885 bits per heavy atom. The van der Waals surface area contributed by atoms with E-state index in [1.165, 1.54) is 5.56 Å². The zero-order chi connectivity index (χ0) is 18.2.